The molecule has 0 fully saturated rings. The number of rotatable bonds is 8. The van der Waals surface area contributed by atoms with E-state index in [2.05, 4.69) is 40.1 Å². The predicted molar refractivity (Wildman–Crippen MR) is 158 cm³/mol. The summed E-state index contributed by atoms with van der Waals surface area (Å²) in [5.41, 5.74) is 6.76. The molecular weight excluding hydrogens is 496 g/mol. The van der Waals surface area contributed by atoms with Crippen LogP contribution in [0, 0.1) is 22.7 Å². The summed E-state index contributed by atoms with van der Waals surface area (Å²) in [5, 5.41) is 18.7. The Labute approximate surface area is 234 Å². The van der Waals surface area contributed by atoms with Gasteiger partial charge < -0.3 is 19.3 Å². The molecule has 0 atom stereocenters. The average molecular weight is 523 g/mol. The van der Waals surface area contributed by atoms with E-state index in [1.807, 2.05) is 103 Å². The van der Waals surface area contributed by atoms with Gasteiger partial charge in [0.05, 0.1) is 37.5 Å². The van der Waals surface area contributed by atoms with Crippen molar-refractivity contribution in [3.05, 3.63) is 132 Å². The van der Waals surface area contributed by atoms with Crippen molar-refractivity contribution in [2.75, 3.05) is 24.0 Å². The minimum Gasteiger partial charge on any atom is -0.497 e. The number of nitrogens with zero attached hydrogens (tertiary/aromatic N) is 4. The van der Waals surface area contributed by atoms with Gasteiger partial charge in [-0.05, 0) is 115 Å². The maximum absolute atomic E-state index is 9.33. The van der Waals surface area contributed by atoms with Crippen LogP contribution in [0.25, 0.3) is 0 Å². The van der Waals surface area contributed by atoms with Crippen molar-refractivity contribution in [3.63, 3.8) is 0 Å². The van der Waals surface area contributed by atoms with Gasteiger partial charge in [-0.25, -0.2) is 0 Å². The van der Waals surface area contributed by atoms with E-state index in [1.54, 1.807) is 14.2 Å². The molecule has 0 saturated carbocycles. The number of methoxy groups -OCH3 is 2. The Hall–Kier alpha value is -5.72. The summed E-state index contributed by atoms with van der Waals surface area (Å²) < 4.78 is 10.8. The smallest absolute Gasteiger partial charge is 0.119 e. The molecular formula is C34H26N4O2. The standard InChI is InChI=1S/C34H26N4O2/c1-39-33-18-14-29(15-19-33)37(27-10-6-25(23-35)7-11-27)31-4-3-5-32(22-31)38(28-12-8-26(24-36)9-13-28)30-16-20-34(40-2)21-17-30/h3-22H,1-2H3. The fourth-order valence-electron chi connectivity index (χ4n) is 4.50. The van der Waals surface area contributed by atoms with E-state index >= 15 is 0 Å². The third kappa shape index (κ3) is 5.43. The molecule has 5 aromatic carbocycles. The molecule has 0 N–H and O–H groups in total. The zero-order chi connectivity index (χ0) is 27.9. The molecule has 0 saturated heterocycles. The van der Waals surface area contributed by atoms with Crippen molar-refractivity contribution in [2.45, 2.75) is 0 Å². The predicted octanol–water partition coefficient (Wildman–Crippen LogP) is 8.39. The lowest BCUT2D eigenvalue weighted by molar-refractivity contribution is 0.414. The quantitative estimate of drug-likeness (QED) is 0.204. The Bertz CT molecular complexity index is 1540. The Morgan fingerprint density at radius 3 is 1.07 bits per heavy atom. The maximum atomic E-state index is 9.33. The van der Waals surface area contributed by atoms with Gasteiger partial charge >= 0.3 is 0 Å². The van der Waals surface area contributed by atoms with E-state index < -0.39 is 0 Å². The van der Waals surface area contributed by atoms with Crippen LogP contribution in [0.15, 0.2) is 121 Å². The number of anilines is 6. The highest BCUT2D eigenvalue weighted by Crippen LogP contribution is 2.41. The highest BCUT2D eigenvalue weighted by atomic mass is 16.5. The van der Waals surface area contributed by atoms with E-state index in [0.717, 1.165) is 45.6 Å². The van der Waals surface area contributed by atoms with Gasteiger partial charge in [0.25, 0.3) is 0 Å². The Balaban J connectivity index is 1.64. The van der Waals surface area contributed by atoms with Crippen LogP contribution < -0.4 is 19.3 Å². The third-order valence-electron chi connectivity index (χ3n) is 6.52. The second-order valence-corrected chi connectivity index (χ2v) is 8.90. The molecule has 0 amide bonds. The van der Waals surface area contributed by atoms with Crippen molar-refractivity contribution < 1.29 is 9.47 Å². The van der Waals surface area contributed by atoms with Crippen molar-refractivity contribution in [3.8, 4) is 23.6 Å². The Morgan fingerprint density at radius 1 is 0.450 bits per heavy atom. The molecule has 0 aliphatic carbocycles. The molecule has 0 aliphatic heterocycles. The third-order valence-corrected chi connectivity index (χ3v) is 6.52. The molecule has 0 aromatic heterocycles. The van der Waals surface area contributed by atoms with Gasteiger partial charge in [-0.1, -0.05) is 6.07 Å². The Morgan fingerprint density at radius 2 is 0.775 bits per heavy atom. The van der Waals surface area contributed by atoms with Crippen LogP contribution in [0.3, 0.4) is 0 Å². The molecule has 40 heavy (non-hydrogen) atoms. The zero-order valence-electron chi connectivity index (χ0n) is 22.2. The SMILES string of the molecule is COc1ccc(N(c2ccc(C#N)cc2)c2cccc(N(c3ccc(C#N)cc3)c3ccc(OC)cc3)c2)cc1. The van der Waals surface area contributed by atoms with Gasteiger partial charge in [0.2, 0.25) is 0 Å². The summed E-state index contributed by atoms with van der Waals surface area (Å²) in [6, 6.07) is 43.4. The van der Waals surface area contributed by atoms with E-state index in [1.165, 1.54) is 0 Å². The lowest BCUT2D eigenvalue weighted by atomic mass is 10.1. The fourth-order valence-corrected chi connectivity index (χ4v) is 4.50. The van der Waals surface area contributed by atoms with Crippen molar-refractivity contribution in [1.29, 1.82) is 10.5 Å². The summed E-state index contributed by atoms with van der Waals surface area (Å²) in [4.78, 5) is 4.27. The second-order valence-electron chi connectivity index (χ2n) is 8.90. The average Bonchev–Trinajstić information content (AvgIpc) is 3.03. The molecule has 0 radical (unpaired) electrons. The van der Waals surface area contributed by atoms with E-state index in [4.69, 9.17) is 9.47 Å². The summed E-state index contributed by atoms with van der Waals surface area (Å²) in [7, 11) is 3.29. The van der Waals surface area contributed by atoms with Crippen molar-refractivity contribution in [2.24, 2.45) is 0 Å². The minimum absolute atomic E-state index is 0.596. The minimum atomic E-state index is 0.596. The molecule has 5 rings (SSSR count). The Kier molecular flexibility index (Phi) is 7.62. The number of benzene rings is 5. The van der Waals surface area contributed by atoms with Gasteiger partial charge in [-0.3, -0.25) is 0 Å². The van der Waals surface area contributed by atoms with Gasteiger partial charge in [0.1, 0.15) is 11.5 Å². The van der Waals surface area contributed by atoms with Crippen LogP contribution in [-0.2, 0) is 0 Å². The van der Waals surface area contributed by atoms with Crippen LogP contribution in [0.5, 0.6) is 11.5 Å². The van der Waals surface area contributed by atoms with E-state index in [9.17, 15) is 10.5 Å². The largest absolute Gasteiger partial charge is 0.497 e. The summed E-state index contributed by atoms with van der Waals surface area (Å²) >= 11 is 0. The second kappa shape index (κ2) is 11.8. The molecule has 0 bridgehead atoms. The summed E-state index contributed by atoms with van der Waals surface area (Å²) in [5.74, 6) is 1.53. The first kappa shape index (κ1) is 25.9. The fraction of sp³-hybridized carbons (Fsp3) is 0.0588. The topological polar surface area (TPSA) is 72.5 Å². The molecule has 0 heterocycles. The highest BCUT2D eigenvalue weighted by Gasteiger charge is 2.17. The van der Waals surface area contributed by atoms with Crippen LogP contribution in [0.4, 0.5) is 34.1 Å². The summed E-state index contributed by atoms with van der Waals surface area (Å²) in [6.07, 6.45) is 0. The zero-order valence-corrected chi connectivity index (χ0v) is 22.2. The van der Waals surface area contributed by atoms with Gasteiger partial charge in [-0.15, -0.1) is 0 Å². The first-order valence-corrected chi connectivity index (χ1v) is 12.6. The lowest BCUT2D eigenvalue weighted by Crippen LogP contribution is -2.13. The molecule has 0 unspecified atom stereocenters. The number of hydrogen-bond acceptors (Lipinski definition) is 6. The summed E-state index contributed by atoms with van der Waals surface area (Å²) in [6.45, 7) is 0. The van der Waals surface area contributed by atoms with Gasteiger partial charge in [0.15, 0.2) is 0 Å². The number of nitriles is 2. The molecule has 5 aromatic rings. The number of ether oxygens (including phenoxy) is 2. The maximum Gasteiger partial charge on any atom is 0.119 e. The van der Waals surface area contributed by atoms with Crippen LogP contribution >= 0.6 is 0 Å². The molecule has 0 aliphatic rings. The van der Waals surface area contributed by atoms with Crippen molar-refractivity contribution >= 4 is 34.1 Å². The number of hydrogen-bond donors (Lipinski definition) is 0. The highest BCUT2D eigenvalue weighted by molar-refractivity contribution is 5.83. The van der Waals surface area contributed by atoms with Crippen LogP contribution in [-0.4, -0.2) is 14.2 Å². The monoisotopic (exact) mass is 522 g/mol. The molecule has 6 nitrogen and oxygen atoms in total. The normalized spacial score (nSPS) is 10.2. The molecule has 0 spiro atoms. The molecule has 194 valence electrons. The lowest BCUT2D eigenvalue weighted by Gasteiger charge is -2.29. The van der Waals surface area contributed by atoms with E-state index in [0.29, 0.717) is 11.1 Å². The van der Waals surface area contributed by atoms with E-state index in [-0.39, 0.29) is 0 Å². The van der Waals surface area contributed by atoms with Crippen LogP contribution in [0.1, 0.15) is 11.1 Å². The van der Waals surface area contributed by atoms with Crippen molar-refractivity contribution in [1.82, 2.24) is 0 Å². The van der Waals surface area contributed by atoms with Gasteiger partial charge in [-0.2, -0.15) is 10.5 Å². The molecule has 6 heteroatoms. The van der Waals surface area contributed by atoms with Gasteiger partial charge in [0, 0.05) is 34.1 Å². The van der Waals surface area contributed by atoms with Crippen LogP contribution in [0.2, 0.25) is 0 Å². The first-order valence-electron chi connectivity index (χ1n) is 12.6. The first-order chi connectivity index (χ1) is 19.6.